The van der Waals surface area contributed by atoms with Gasteiger partial charge in [0.15, 0.2) is 4.60 Å². The fraction of sp³-hybridized carbons (Fsp3) is 0.333. The highest BCUT2D eigenvalue weighted by Gasteiger charge is 1.94. The van der Waals surface area contributed by atoms with Gasteiger partial charge in [-0.2, -0.15) is 0 Å². The van der Waals surface area contributed by atoms with Crippen molar-refractivity contribution in [2.24, 2.45) is 0 Å². The normalized spacial score (nSPS) is 8.36. The van der Waals surface area contributed by atoms with E-state index in [1.54, 1.807) is 0 Å². The maximum absolute atomic E-state index is 10.6. The van der Waals surface area contributed by atoms with Gasteiger partial charge in [-0.15, -0.1) is 0 Å². The van der Waals surface area contributed by atoms with Crippen LogP contribution < -0.4 is 5.56 Å². The number of nitrogens with zero attached hydrogens (tertiary/aromatic N) is 1. The van der Waals surface area contributed by atoms with Crippen molar-refractivity contribution >= 4 is 31.9 Å². The minimum atomic E-state index is -0.224. The molecule has 1 aromatic heterocycles. The van der Waals surface area contributed by atoms with Crippen LogP contribution in [0.5, 0.6) is 0 Å². The molecule has 0 amide bonds. The summed E-state index contributed by atoms with van der Waals surface area (Å²) < 4.78 is 0.894. The molecule has 0 aliphatic carbocycles. The summed E-state index contributed by atoms with van der Waals surface area (Å²) in [5.41, 5.74) is -0.224. The summed E-state index contributed by atoms with van der Waals surface area (Å²) in [4.78, 5) is 16.8. The largest absolute Gasteiger partial charge is 0.324 e. The molecule has 5 heteroatoms. The second kappa shape index (κ2) is 5.49. The SMILES string of the molecule is CC.O=c1[nH]cc(Br)nc1Br. The van der Waals surface area contributed by atoms with Crippen LogP contribution in [0.2, 0.25) is 0 Å². The van der Waals surface area contributed by atoms with E-state index >= 15 is 0 Å². The Hall–Kier alpha value is -0.160. The zero-order chi connectivity index (χ0) is 8.85. The zero-order valence-electron chi connectivity index (χ0n) is 6.19. The van der Waals surface area contributed by atoms with E-state index < -0.39 is 0 Å². The summed E-state index contributed by atoms with van der Waals surface area (Å²) in [6.07, 6.45) is 1.48. The van der Waals surface area contributed by atoms with Crippen molar-refractivity contribution in [2.45, 2.75) is 13.8 Å². The van der Waals surface area contributed by atoms with Gasteiger partial charge in [-0.05, 0) is 31.9 Å². The molecule has 11 heavy (non-hydrogen) atoms. The van der Waals surface area contributed by atoms with E-state index in [1.807, 2.05) is 13.8 Å². The highest BCUT2D eigenvalue weighted by Crippen LogP contribution is 2.04. The van der Waals surface area contributed by atoms with Crippen molar-refractivity contribution < 1.29 is 0 Å². The van der Waals surface area contributed by atoms with Gasteiger partial charge in [0.05, 0.1) is 0 Å². The number of hydrogen-bond acceptors (Lipinski definition) is 2. The van der Waals surface area contributed by atoms with Crippen LogP contribution in [0.3, 0.4) is 0 Å². The van der Waals surface area contributed by atoms with Gasteiger partial charge in [-0.1, -0.05) is 13.8 Å². The Balaban J connectivity index is 0.000000461. The topological polar surface area (TPSA) is 45.8 Å². The molecule has 0 saturated heterocycles. The minimum absolute atomic E-state index is 0.224. The Bertz CT molecular complexity index is 272. The molecule has 0 aliphatic heterocycles. The molecule has 0 bridgehead atoms. The van der Waals surface area contributed by atoms with Gasteiger partial charge in [-0.3, -0.25) is 4.79 Å². The lowest BCUT2D eigenvalue weighted by Crippen LogP contribution is -2.06. The first-order valence-electron chi connectivity index (χ1n) is 3.11. The molecule has 0 aliphatic rings. The molecule has 62 valence electrons. The Morgan fingerprint density at radius 1 is 1.45 bits per heavy atom. The highest BCUT2D eigenvalue weighted by molar-refractivity contribution is 9.11. The summed E-state index contributed by atoms with van der Waals surface area (Å²) in [6.45, 7) is 4.00. The van der Waals surface area contributed by atoms with Gasteiger partial charge in [0.1, 0.15) is 4.60 Å². The van der Waals surface area contributed by atoms with Crippen LogP contribution >= 0.6 is 31.9 Å². The van der Waals surface area contributed by atoms with Crippen molar-refractivity contribution in [1.29, 1.82) is 0 Å². The van der Waals surface area contributed by atoms with E-state index in [9.17, 15) is 4.79 Å². The Labute approximate surface area is 81.5 Å². The molecular weight excluding hydrogens is 276 g/mol. The Morgan fingerprint density at radius 3 is 2.36 bits per heavy atom. The first kappa shape index (κ1) is 10.8. The first-order valence-corrected chi connectivity index (χ1v) is 4.69. The van der Waals surface area contributed by atoms with Crippen molar-refractivity contribution in [2.75, 3.05) is 0 Å². The maximum atomic E-state index is 10.6. The summed E-state index contributed by atoms with van der Waals surface area (Å²) in [5, 5.41) is 0. The van der Waals surface area contributed by atoms with Crippen LogP contribution in [0, 0.1) is 0 Å². The lowest BCUT2D eigenvalue weighted by molar-refractivity contribution is 1.07. The summed E-state index contributed by atoms with van der Waals surface area (Å²) >= 11 is 6.05. The van der Waals surface area contributed by atoms with Crippen molar-refractivity contribution in [3.8, 4) is 0 Å². The number of H-pyrrole nitrogens is 1. The number of rotatable bonds is 0. The van der Waals surface area contributed by atoms with Gasteiger partial charge in [-0.25, -0.2) is 4.98 Å². The van der Waals surface area contributed by atoms with Gasteiger partial charge >= 0.3 is 0 Å². The molecule has 0 radical (unpaired) electrons. The first-order chi connectivity index (χ1) is 5.20. The van der Waals surface area contributed by atoms with Gasteiger partial charge in [0.25, 0.3) is 5.56 Å². The van der Waals surface area contributed by atoms with Crippen molar-refractivity contribution in [3.05, 3.63) is 25.8 Å². The summed E-state index contributed by atoms with van der Waals surface area (Å²) in [6, 6.07) is 0. The monoisotopic (exact) mass is 282 g/mol. The second-order valence-corrected chi connectivity index (χ2v) is 2.91. The third-order valence-corrected chi connectivity index (χ3v) is 1.66. The predicted molar refractivity (Wildman–Crippen MR) is 51.6 cm³/mol. The maximum Gasteiger partial charge on any atom is 0.281 e. The van der Waals surface area contributed by atoms with Crippen LogP contribution in [0.15, 0.2) is 20.2 Å². The highest BCUT2D eigenvalue weighted by atomic mass is 79.9. The van der Waals surface area contributed by atoms with Crippen molar-refractivity contribution in [1.82, 2.24) is 9.97 Å². The molecule has 0 atom stereocenters. The summed E-state index contributed by atoms with van der Waals surface area (Å²) in [5.74, 6) is 0. The summed E-state index contributed by atoms with van der Waals surface area (Å²) in [7, 11) is 0. The van der Waals surface area contributed by atoms with Crippen LogP contribution in [0.4, 0.5) is 0 Å². The lowest BCUT2D eigenvalue weighted by atomic mass is 10.8. The van der Waals surface area contributed by atoms with Crippen molar-refractivity contribution in [3.63, 3.8) is 0 Å². The predicted octanol–water partition coefficient (Wildman–Crippen LogP) is 2.32. The molecule has 1 heterocycles. The number of nitrogens with one attached hydrogen (secondary N) is 1. The Kier molecular flexibility index (Phi) is 5.41. The zero-order valence-corrected chi connectivity index (χ0v) is 9.36. The number of aromatic amines is 1. The van der Waals surface area contributed by atoms with E-state index in [2.05, 4.69) is 41.8 Å². The molecule has 0 unspecified atom stereocenters. The molecule has 0 spiro atoms. The minimum Gasteiger partial charge on any atom is -0.324 e. The number of halogens is 2. The molecule has 1 aromatic rings. The fourth-order valence-electron chi connectivity index (χ4n) is 0.361. The molecule has 0 fully saturated rings. The molecule has 0 aromatic carbocycles. The average molecular weight is 284 g/mol. The number of aromatic nitrogens is 2. The van der Waals surface area contributed by atoms with E-state index in [1.165, 1.54) is 6.20 Å². The van der Waals surface area contributed by atoms with Gasteiger partial charge in [0.2, 0.25) is 0 Å². The average Bonchev–Trinajstić information content (AvgIpc) is 2.02. The van der Waals surface area contributed by atoms with Crippen LogP contribution in [0.1, 0.15) is 13.8 Å². The van der Waals surface area contributed by atoms with Crippen LogP contribution in [-0.4, -0.2) is 9.97 Å². The molecular formula is C6H8Br2N2O. The lowest BCUT2D eigenvalue weighted by Gasteiger charge is -1.87. The molecule has 0 saturated carbocycles. The van der Waals surface area contributed by atoms with E-state index in [-0.39, 0.29) is 10.2 Å². The van der Waals surface area contributed by atoms with E-state index in [0.29, 0.717) is 4.60 Å². The van der Waals surface area contributed by atoms with Gasteiger partial charge < -0.3 is 4.98 Å². The van der Waals surface area contributed by atoms with E-state index in [4.69, 9.17) is 0 Å². The Morgan fingerprint density at radius 2 is 2.00 bits per heavy atom. The fourth-order valence-corrected chi connectivity index (χ4v) is 1.20. The molecule has 1 rings (SSSR count). The number of hydrogen-bond donors (Lipinski definition) is 1. The smallest absolute Gasteiger partial charge is 0.281 e. The quantitative estimate of drug-likeness (QED) is 0.794. The van der Waals surface area contributed by atoms with Crippen LogP contribution in [0.25, 0.3) is 0 Å². The molecule has 1 N–H and O–H groups in total. The van der Waals surface area contributed by atoms with E-state index in [0.717, 1.165) is 0 Å². The molecule has 3 nitrogen and oxygen atoms in total. The standard InChI is InChI=1S/C4H2Br2N2O.C2H6/c5-2-1-7-4(9)3(6)8-2;1-2/h1H,(H,7,9);1-2H3. The third kappa shape index (κ3) is 3.67. The van der Waals surface area contributed by atoms with Crippen LogP contribution in [-0.2, 0) is 0 Å². The van der Waals surface area contributed by atoms with Gasteiger partial charge in [0, 0.05) is 6.20 Å². The second-order valence-electron chi connectivity index (χ2n) is 1.34. The third-order valence-electron chi connectivity index (χ3n) is 0.715.